The number of unbranched alkanes of at least 4 members (excludes halogenated alkanes) is 1. The lowest BCUT2D eigenvalue weighted by atomic mass is 10.1. The van der Waals surface area contributed by atoms with Gasteiger partial charge in [0.15, 0.2) is 11.2 Å². The van der Waals surface area contributed by atoms with E-state index >= 15 is 0 Å². The van der Waals surface area contributed by atoms with Crippen molar-refractivity contribution < 1.29 is 4.79 Å². The number of imidazole rings is 1. The number of hydrogen-bond donors (Lipinski definition) is 1. The molecule has 0 saturated carbocycles. The Morgan fingerprint density at radius 3 is 2.58 bits per heavy atom. The molecule has 1 aromatic carbocycles. The zero-order chi connectivity index (χ0) is 26.2. The van der Waals surface area contributed by atoms with Crippen molar-refractivity contribution in [3.63, 3.8) is 0 Å². The van der Waals surface area contributed by atoms with Crippen LogP contribution >= 0.6 is 0 Å². The summed E-state index contributed by atoms with van der Waals surface area (Å²) in [5, 5.41) is 9.01. The van der Waals surface area contributed by atoms with Crippen molar-refractivity contribution >= 4 is 17.1 Å². The minimum atomic E-state index is -0.461. The molecular weight excluding hydrogens is 456 g/mol. The number of aromatic amines is 1. The highest BCUT2D eigenvalue weighted by molar-refractivity contribution is 5.77. The number of benzene rings is 1. The van der Waals surface area contributed by atoms with E-state index in [2.05, 4.69) is 17.6 Å². The summed E-state index contributed by atoms with van der Waals surface area (Å²) in [5.74, 6) is 0.783. The standard InChI is InChI=1S/C27H34N6O3/c1-5-7-15-32-25-24(26(35)30-27(32)36)33(17-19(3)4)22(29-25)12-13-23(34)31(14-6-2)18-21-10-8-20(16-28)9-11-21/h6,8-11,19H,2,5,7,12-15,17-18H2,1,3-4H3,(H,30,35,36). The first-order valence-corrected chi connectivity index (χ1v) is 12.4. The van der Waals surface area contributed by atoms with Crippen molar-refractivity contribution in [3.8, 4) is 6.07 Å². The molecule has 0 atom stereocenters. The highest BCUT2D eigenvalue weighted by Gasteiger charge is 2.21. The van der Waals surface area contributed by atoms with E-state index in [1.165, 1.54) is 4.57 Å². The predicted octanol–water partition coefficient (Wildman–Crippen LogP) is 3.36. The van der Waals surface area contributed by atoms with Gasteiger partial charge in [0.25, 0.3) is 5.56 Å². The molecule has 2 heterocycles. The summed E-state index contributed by atoms with van der Waals surface area (Å²) < 4.78 is 3.38. The molecule has 0 unspecified atom stereocenters. The molecule has 3 rings (SSSR count). The first-order chi connectivity index (χ1) is 17.3. The minimum absolute atomic E-state index is 0.0697. The molecule has 3 aromatic rings. The number of H-pyrrole nitrogens is 1. The Morgan fingerprint density at radius 1 is 1.25 bits per heavy atom. The van der Waals surface area contributed by atoms with Crippen LogP contribution in [0.5, 0.6) is 0 Å². The molecule has 2 aromatic heterocycles. The third-order valence-corrected chi connectivity index (χ3v) is 5.97. The lowest BCUT2D eigenvalue weighted by Gasteiger charge is -2.21. The number of carbonyl (C=O) groups excluding carboxylic acids is 1. The van der Waals surface area contributed by atoms with Crippen molar-refractivity contribution in [2.24, 2.45) is 5.92 Å². The molecule has 1 N–H and O–H groups in total. The Labute approximate surface area is 210 Å². The normalized spacial score (nSPS) is 11.1. The van der Waals surface area contributed by atoms with Gasteiger partial charge in [-0.2, -0.15) is 5.26 Å². The van der Waals surface area contributed by atoms with Crippen LogP contribution in [-0.2, 0) is 30.8 Å². The number of carbonyl (C=O) groups is 1. The van der Waals surface area contributed by atoms with E-state index in [1.54, 1.807) is 23.1 Å². The van der Waals surface area contributed by atoms with Crippen LogP contribution in [0.1, 0.15) is 57.0 Å². The Hall–Kier alpha value is -3.93. The molecule has 36 heavy (non-hydrogen) atoms. The number of fused-ring (bicyclic) bond motifs is 1. The van der Waals surface area contributed by atoms with Gasteiger partial charge in [0.1, 0.15) is 5.82 Å². The largest absolute Gasteiger partial charge is 0.335 e. The highest BCUT2D eigenvalue weighted by Crippen LogP contribution is 2.17. The zero-order valence-corrected chi connectivity index (χ0v) is 21.3. The van der Waals surface area contributed by atoms with Gasteiger partial charge in [0.2, 0.25) is 5.91 Å². The molecule has 0 fully saturated rings. The van der Waals surface area contributed by atoms with Gasteiger partial charge in [0, 0.05) is 39.0 Å². The van der Waals surface area contributed by atoms with Gasteiger partial charge in [-0.1, -0.05) is 45.4 Å². The van der Waals surface area contributed by atoms with Gasteiger partial charge in [-0.3, -0.25) is 19.1 Å². The fourth-order valence-corrected chi connectivity index (χ4v) is 4.19. The van der Waals surface area contributed by atoms with Crippen LogP contribution in [0.4, 0.5) is 0 Å². The van der Waals surface area contributed by atoms with Crippen LogP contribution in [0, 0.1) is 17.2 Å². The van der Waals surface area contributed by atoms with E-state index in [9.17, 15) is 14.4 Å². The maximum atomic E-state index is 13.2. The molecule has 0 aliphatic heterocycles. The molecule has 0 aliphatic rings. The number of nitriles is 1. The average molecular weight is 491 g/mol. The van der Waals surface area contributed by atoms with Gasteiger partial charge in [-0.25, -0.2) is 9.78 Å². The second-order valence-electron chi connectivity index (χ2n) is 9.34. The molecule has 190 valence electrons. The lowest BCUT2D eigenvalue weighted by Crippen LogP contribution is -2.31. The highest BCUT2D eigenvalue weighted by atomic mass is 16.2. The van der Waals surface area contributed by atoms with Gasteiger partial charge in [0.05, 0.1) is 11.6 Å². The van der Waals surface area contributed by atoms with E-state index in [-0.39, 0.29) is 18.2 Å². The SMILES string of the molecule is C=CCN(Cc1ccc(C#N)cc1)C(=O)CCc1nc2c(c(=O)[nH]c(=O)n2CCCC)n1CC(C)C. The van der Waals surface area contributed by atoms with Crippen LogP contribution in [-0.4, -0.2) is 36.5 Å². The van der Waals surface area contributed by atoms with E-state index in [0.717, 1.165) is 18.4 Å². The molecule has 1 amide bonds. The summed E-state index contributed by atoms with van der Waals surface area (Å²) in [4.78, 5) is 47.3. The van der Waals surface area contributed by atoms with Crippen LogP contribution in [0.3, 0.4) is 0 Å². The molecular formula is C27H34N6O3. The van der Waals surface area contributed by atoms with Gasteiger partial charge >= 0.3 is 5.69 Å². The Kier molecular flexibility index (Phi) is 9.01. The van der Waals surface area contributed by atoms with Gasteiger partial charge in [-0.15, -0.1) is 6.58 Å². The maximum Gasteiger partial charge on any atom is 0.330 e. The number of aryl methyl sites for hydroxylation is 2. The fourth-order valence-electron chi connectivity index (χ4n) is 4.19. The van der Waals surface area contributed by atoms with Gasteiger partial charge in [-0.05, 0) is 30.0 Å². The first-order valence-electron chi connectivity index (χ1n) is 12.4. The third kappa shape index (κ3) is 6.19. The fraction of sp³-hybridized carbons (Fsp3) is 0.444. The van der Waals surface area contributed by atoms with Crippen molar-refractivity contribution in [2.75, 3.05) is 6.54 Å². The summed E-state index contributed by atoms with van der Waals surface area (Å²) in [6, 6.07) is 9.24. The minimum Gasteiger partial charge on any atom is -0.335 e. The van der Waals surface area contributed by atoms with Crippen LogP contribution in [0.25, 0.3) is 11.2 Å². The average Bonchev–Trinajstić information content (AvgIpc) is 3.20. The second kappa shape index (κ2) is 12.2. The van der Waals surface area contributed by atoms with E-state index in [1.807, 2.05) is 37.5 Å². The molecule has 0 radical (unpaired) electrons. The quantitative estimate of drug-likeness (QED) is 0.391. The maximum absolute atomic E-state index is 13.2. The van der Waals surface area contributed by atoms with Crippen LogP contribution in [0.15, 0.2) is 46.5 Å². The number of nitrogens with zero attached hydrogens (tertiary/aromatic N) is 5. The summed E-state index contributed by atoms with van der Waals surface area (Å²) in [7, 11) is 0. The van der Waals surface area contributed by atoms with Crippen LogP contribution < -0.4 is 11.2 Å². The number of amides is 1. The van der Waals surface area contributed by atoms with Crippen molar-refractivity contribution in [1.29, 1.82) is 5.26 Å². The molecule has 0 spiro atoms. The number of nitrogens with one attached hydrogen (secondary N) is 1. The third-order valence-electron chi connectivity index (χ3n) is 5.97. The lowest BCUT2D eigenvalue weighted by molar-refractivity contribution is -0.131. The summed E-state index contributed by atoms with van der Waals surface area (Å²) in [5.41, 5.74) is 1.32. The Morgan fingerprint density at radius 2 is 1.97 bits per heavy atom. The monoisotopic (exact) mass is 490 g/mol. The molecule has 0 bridgehead atoms. The Bertz CT molecular complexity index is 1370. The predicted molar refractivity (Wildman–Crippen MR) is 139 cm³/mol. The molecule has 9 heteroatoms. The number of aromatic nitrogens is 4. The van der Waals surface area contributed by atoms with Crippen molar-refractivity contribution in [1.82, 2.24) is 24.0 Å². The zero-order valence-electron chi connectivity index (χ0n) is 21.3. The summed E-state index contributed by atoms with van der Waals surface area (Å²) in [6.07, 6.45) is 3.91. The Balaban J connectivity index is 1.90. The van der Waals surface area contributed by atoms with E-state index in [4.69, 9.17) is 10.2 Å². The topological polar surface area (TPSA) is 117 Å². The van der Waals surface area contributed by atoms with Gasteiger partial charge < -0.3 is 9.47 Å². The molecule has 0 aliphatic carbocycles. The first kappa shape index (κ1) is 26.7. The van der Waals surface area contributed by atoms with Crippen LogP contribution in [0.2, 0.25) is 0 Å². The summed E-state index contributed by atoms with van der Waals surface area (Å²) in [6.45, 7) is 11.7. The van der Waals surface area contributed by atoms with E-state index < -0.39 is 11.2 Å². The second-order valence-corrected chi connectivity index (χ2v) is 9.34. The van der Waals surface area contributed by atoms with Crippen molar-refractivity contribution in [2.45, 2.75) is 66.1 Å². The van der Waals surface area contributed by atoms with E-state index in [0.29, 0.717) is 55.2 Å². The molecule has 9 nitrogen and oxygen atoms in total. The molecule has 0 saturated heterocycles. The number of hydrogen-bond acceptors (Lipinski definition) is 5. The van der Waals surface area contributed by atoms with Crippen molar-refractivity contribution in [3.05, 3.63) is 74.7 Å². The number of rotatable bonds is 12. The summed E-state index contributed by atoms with van der Waals surface area (Å²) >= 11 is 0. The smallest absolute Gasteiger partial charge is 0.330 e.